The Hall–Kier alpha value is -2.11. The molecule has 0 aliphatic rings. The van der Waals surface area contributed by atoms with Crippen molar-refractivity contribution in [3.8, 4) is 11.1 Å². The molecule has 0 saturated heterocycles. The van der Waals surface area contributed by atoms with Crippen molar-refractivity contribution in [2.24, 2.45) is 0 Å². The fourth-order valence-corrected chi connectivity index (χ4v) is 3.63. The molecule has 0 aromatic heterocycles. The van der Waals surface area contributed by atoms with Crippen LogP contribution in [0.5, 0.6) is 0 Å². The van der Waals surface area contributed by atoms with E-state index in [1.54, 1.807) is 0 Å². The van der Waals surface area contributed by atoms with Crippen LogP contribution in [-0.2, 0) is 17.6 Å². The Morgan fingerprint density at radius 2 is 1.81 bits per heavy atom. The van der Waals surface area contributed by atoms with Gasteiger partial charge in [0.25, 0.3) is 0 Å². The van der Waals surface area contributed by atoms with E-state index in [1.165, 1.54) is 0 Å². The number of rotatable bonds is 6. The first-order valence-corrected chi connectivity index (χ1v) is 12.2. The van der Waals surface area contributed by atoms with Crippen molar-refractivity contribution in [3.63, 3.8) is 0 Å². The zero-order chi connectivity index (χ0) is 20.2. The molecule has 2 rings (SSSR count). The van der Waals surface area contributed by atoms with Gasteiger partial charge in [-0.1, -0.05) is 57.2 Å². The van der Waals surface area contributed by atoms with Gasteiger partial charge in [-0.2, -0.15) is 0 Å². The molecule has 0 aliphatic heterocycles. The van der Waals surface area contributed by atoms with Gasteiger partial charge < -0.3 is 14.8 Å². The lowest BCUT2D eigenvalue weighted by Crippen LogP contribution is -2.40. The second kappa shape index (κ2) is 8.27. The molecule has 0 unspecified atom stereocenters. The molecule has 2 aromatic rings. The number of carboxylic acid groups (broad SMARTS) is 1. The Kier molecular flexibility index (Phi) is 6.49. The number of hydrogen-bond acceptors (Lipinski definition) is 2. The summed E-state index contributed by atoms with van der Waals surface area (Å²) in [6.07, 6.45) is -1.01. The van der Waals surface area contributed by atoms with E-state index >= 15 is 0 Å². The first-order valence-electron chi connectivity index (χ1n) is 9.30. The molecule has 0 spiro atoms. The lowest BCUT2D eigenvalue weighted by molar-refractivity contribution is 0.194. The summed E-state index contributed by atoms with van der Waals surface area (Å²) in [4.78, 5) is 10.8. The molecule has 4 nitrogen and oxygen atoms in total. The van der Waals surface area contributed by atoms with Crippen molar-refractivity contribution in [2.45, 2.75) is 59.0 Å². The lowest BCUT2D eigenvalue weighted by atomic mass is 9.95. The summed E-state index contributed by atoms with van der Waals surface area (Å²) >= 11 is 0. The predicted octanol–water partition coefficient (Wildman–Crippen LogP) is 5.95. The summed E-state index contributed by atoms with van der Waals surface area (Å²) in [5, 5.41) is 11.5. The normalized spacial score (nSPS) is 12.1. The second-order valence-electron chi connectivity index (χ2n) is 8.50. The van der Waals surface area contributed by atoms with Gasteiger partial charge in [-0.25, -0.2) is 4.79 Å². The summed E-state index contributed by atoms with van der Waals surface area (Å²) in [6.45, 7) is 14.2. The van der Waals surface area contributed by atoms with E-state index < -0.39 is 14.4 Å². The van der Waals surface area contributed by atoms with Gasteiger partial charge in [0.2, 0.25) is 0 Å². The van der Waals surface area contributed by atoms with E-state index in [2.05, 4.69) is 69.5 Å². The van der Waals surface area contributed by atoms with E-state index in [0.717, 1.165) is 27.8 Å². The van der Waals surface area contributed by atoms with Crippen LogP contribution < -0.4 is 5.32 Å². The maximum absolute atomic E-state index is 10.8. The average molecular weight is 386 g/mol. The molecular formula is C22H31NO3Si. The minimum Gasteiger partial charge on any atom is -0.465 e. The van der Waals surface area contributed by atoms with Crippen LogP contribution in [0.3, 0.4) is 0 Å². The molecule has 0 heterocycles. The Morgan fingerprint density at radius 3 is 2.44 bits per heavy atom. The molecule has 0 radical (unpaired) electrons. The molecule has 146 valence electrons. The van der Waals surface area contributed by atoms with Crippen molar-refractivity contribution in [3.05, 3.63) is 59.2 Å². The largest absolute Gasteiger partial charge is 0.465 e. The van der Waals surface area contributed by atoms with Crippen molar-refractivity contribution in [1.82, 2.24) is 5.32 Å². The SMILES string of the molecule is Cc1c(CNC(=O)O)cccc1-c1cccc(CO[Si](C)(C)C(C)(C)C)c1. The standard InChI is InChI=1S/C22H31NO3Si/c1-16-19(14-23-21(24)25)11-8-12-20(16)18-10-7-9-17(13-18)15-26-27(5,6)22(2,3)4/h7-13,23H,14-15H2,1-6H3,(H,24,25). The van der Waals surface area contributed by atoms with Crippen molar-refractivity contribution in [1.29, 1.82) is 0 Å². The third-order valence-corrected chi connectivity index (χ3v) is 10.00. The molecule has 27 heavy (non-hydrogen) atoms. The fourth-order valence-electron chi connectivity index (χ4n) is 2.67. The van der Waals surface area contributed by atoms with E-state index in [9.17, 15) is 4.79 Å². The molecule has 0 fully saturated rings. The number of hydrogen-bond donors (Lipinski definition) is 2. The minimum atomic E-state index is -1.79. The zero-order valence-electron chi connectivity index (χ0n) is 17.2. The Balaban J connectivity index is 2.23. The molecule has 0 aliphatic carbocycles. The third kappa shape index (κ3) is 5.43. The monoisotopic (exact) mass is 385 g/mol. The van der Waals surface area contributed by atoms with Gasteiger partial charge in [-0.05, 0) is 58.9 Å². The molecule has 1 amide bonds. The minimum absolute atomic E-state index is 0.187. The molecule has 0 saturated carbocycles. The van der Waals surface area contributed by atoms with Crippen LogP contribution in [0.4, 0.5) is 4.79 Å². The molecule has 5 heteroatoms. The summed E-state index contributed by atoms with van der Waals surface area (Å²) in [5.74, 6) is 0. The topological polar surface area (TPSA) is 58.6 Å². The number of amides is 1. The molecular weight excluding hydrogens is 354 g/mol. The Morgan fingerprint density at radius 1 is 1.15 bits per heavy atom. The third-order valence-electron chi connectivity index (χ3n) is 5.52. The summed E-state index contributed by atoms with van der Waals surface area (Å²) in [7, 11) is -1.79. The highest BCUT2D eigenvalue weighted by Crippen LogP contribution is 2.37. The van der Waals surface area contributed by atoms with Gasteiger partial charge in [0.15, 0.2) is 8.32 Å². The van der Waals surface area contributed by atoms with Gasteiger partial charge in [0, 0.05) is 6.54 Å². The van der Waals surface area contributed by atoms with Gasteiger partial charge in [-0.15, -0.1) is 0 Å². The Bertz CT molecular complexity index is 809. The second-order valence-corrected chi connectivity index (χ2v) is 13.3. The van der Waals surface area contributed by atoms with Crippen LogP contribution in [0.2, 0.25) is 18.1 Å². The van der Waals surface area contributed by atoms with E-state index in [-0.39, 0.29) is 5.04 Å². The van der Waals surface area contributed by atoms with Crippen molar-refractivity contribution in [2.75, 3.05) is 0 Å². The lowest BCUT2D eigenvalue weighted by Gasteiger charge is -2.36. The summed E-state index contributed by atoms with van der Waals surface area (Å²) in [5.41, 5.74) is 5.48. The van der Waals surface area contributed by atoms with Crippen LogP contribution in [0.25, 0.3) is 11.1 Å². The highest BCUT2D eigenvalue weighted by atomic mass is 28.4. The molecule has 0 bridgehead atoms. The first-order chi connectivity index (χ1) is 12.5. The molecule has 2 aromatic carbocycles. The van der Waals surface area contributed by atoms with E-state index in [1.807, 2.05) is 19.1 Å². The van der Waals surface area contributed by atoms with Gasteiger partial charge in [0.05, 0.1) is 6.61 Å². The molecule has 2 N–H and O–H groups in total. The number of nitrogens with one attached hydrogen (secondary N) is 1. The van der Waals surface area contributed by atoms with Crippen LogP contribution >= 0.6 is 0 Å². The van der Waals surface area contributed by atoms with E-state index in [4.69, 9.17) is 9.53 Å². The van der Waals surface area contributed by atoms with Gasteiger partial charge >= 0.3 is 6.09 Å². The quantitative estimate of drug-likeness (QED) is 0.604. The van der Waals surface area contributed by atoms with Crippen LogP contribution in [-0.4, -0.2) is 19.5 Å². The molecule has 0 atom stereocenters. The number of carbonyl (C=O) groups is 1. The Labute approximate surface area is 163 Å². The van der Waals surface area contributed by atoms with Crippen LogP contribution in [0.15, 0.2) is 42.5 Å². The van der Waals surface area contributed by atoms with Crippen molar-refractivity contribution >= 4 is 14.4 Å². The maximum Gasteiger partial charge on any atom is 0.404 e. The van der Waals surface area contributed by atoms with E-state index in [0.29, 0.717) is 13.2 Å². The summed E-state index contributed by atoms with van der Waals surface area (Å²) in [6, 6.07) is 14.4. The fraction of sp³-hybridized carbons (Fsp3) is 0.409. The number of benzene rings is 2. The van der Waals surface area contributed by atoms with Crippen LogP contribution in [0.1, 0.15) is 37.5 Å². The van der Waals surface area contributed by atoms with Crippen molar-refractivity contribution < 1.29 is 14.3 Å². The summed E-state index contributed by atoms with van der Waals surface area (Å²) < 4.78 is 6.35. The van der Waals surface area contributed by atoms with Crippen LogP contribution in [0, 0.1) is 6.92 Å². The average Bonchev–Trinajstić information content (AvgIpc) is 2.58. The highest BCUT2D eigenvalue weighted by molar-refractivity contribution is 6.74. The maximum atomic E-state index is 10.8. The first kappa shape index (κ1) is 21.2. The highest BCUT2D eigenvalue weighted by Gasteiger charge is 2.37. The predicted molar refractivity (Wildman–Crippen MR) is 113 cm³/mol. The van der Waals surface area contributed by atoms with Gasteiger partial charge in [0.1, 0.15) is 0 Å². The van der Waals surface area contributed by atoms with Gasteiger partial charge in [-0.3, -0.25) is 0 Å². The zero-order valence-corrected chi connectivity index (χ0v) is 18.2. The smallest absolute Gasteiger partial charge is 0.404 e.